The van der Waals surface area contributed by atoms with Gasteiger partial charge in [-0.1, -0.05) is 23.4 Å². The van der Waals surface area contributed by atoms with E-state index in [0.29, 0.717) is 19.0 Å². The van der Waals surface area contributed by atoms with Crippen molar-refractivity contribution in [3.63, 3.8) is 0 Å². The van der Waals surface area contributed by atoms with Gasteiger partial charge in [0.05, 0.1) is 0 Å². The summed E-state index contributed by atoms with van der Waals surface area (Å²) in [4.78, 5) is 13.9. The molecule has 0 unspecified atom stereocenters. The number of amides is 1. The molecule has 24 heavy (non-hydrogen) atoms. The Morgan fingerprint density at radius 3 is 2.46 bits per heavy atom. The predicted molar refractivity (Wildman–Crippen MR) is 93.5 cm³/mol. The lowest BCUT2D eigenvalue weighted by Gasteiger charge is -2.33. The summed E-state index contributed by atoms with van der Waals surface area (Å²) < 4.78 is 5.43. The number of rotatable bonds is 2. The fourth-order valence-corrected chi connectivity index (χ4v) is 3.00. The van der Waals surface area contributed by atoms with Gasteiger partial charge in [-0.05, 0) is 57.6 Å². The fourth-order valence-electron chi connectivity index (χ4n) is 3.00. The molecule has 0 atom stereocenters. The normalized spacial score (nSPS) is 17.0. The third kappa shape index (κ3) is 4.40. The van der Waals surface area contributed by atoms with Crippen molar-refractivity contribution in [1.82, 2.24) is 4.90 Å². The maximum Gasteiger partial charge on any atom is 0.410 e. The van der Waals surface area contributed by atoms with Gasteiger partial charge in [-0.2, -0.15) is 0 Å². The van der Waals surface area contributed by atoms with Gasteiger partial charge in [0.15, 0.2) is 5.84 Å². The predicted octanol–water partition coefficient (Wildman–Crippen LogP) is 3.20. The zero-order valence-corrected chi connectivity index (χ0v) is 14.9. The second kappa shape index (κ2) is 7.11. The van der Waals surface area contributed by atoms with Gasteiger partial charge in [-0.3, -0.25) is 0 Å². The van der Waals surface area contributed by atoms with Gasteiger partial charge in [-0.15, -0.1) is 0 Å². The average Bonchev–Trinajstić information content (AvgIpc) is 2.52. The van der Waals surface area contributed by atoms with Crippen LogP contribution in [0, 0.1) is 6.92 Å². The van der Waals surface area contributed by atoms with Crippen LogP contribution in [0.1, 0.15) is 56.2 Å². The Balaban J connectivity index is 2.00. The summed E-state index contributed by atoms with van der Waals surface area (Å²) in [5.41, 5.74) is 8.16. The van der Waals surface area contributed by atoms with Crippen molar-refractivity contribution in [3.05, 3.63) is 34.9 Å². The third-order valence-corrected chi connectivity index (χ3v) is 4.25. The van der Waals surface area contributed by atoms with Crippen molar-refractivity contribution in [3.8, 4) is 0 Å². The standard InChI is InChI=1S/C18H27N3O3/c1-12-11-14(5-6-15(12)16(19)20-23)13-7-9-21(10-8-13)17(22)24-18(2,3)4/h5-6,11,13,23H,7-10H2,1-4H3,(H2,19,20). The largest absolute Gasteiger partial charge is 0.444 e. The van der Waals surface area contributed by atoms with E-state index in [2.05, 4.69) is 11.2 Å². The Bertz CT molecular complexity index is 627. The van der Waals surface area contributed by atoms with E-state index >= 15 is 0 Å². The van der Waals surface area contributed by atoms with Crippen molar-refractivity contribution < 1.29 is 14.7 Å². The number of nitrogens with two attached hydrogens (primary N) is 1. The summed E-state index contributed by atoms with van der Waals surface area (Å²) in [6.45, 7) is 8.98. The van der Waals surface area contributed by atoms with Gasteiger partial charge in [0, 0.05) is 18.7 Å². The van der Waals surface area contributed by atoms with Crippen molar-refractivity contribution in [1.29, 1.82) is 0 Å². The van der Waals surface area contributed by atoms with Gasteiger partial charge in [-0.25, -0.2) is 4.79 Å². The molecule has 0 aromatic heterocycles. The van der Waals surface area contributed by atoms with Gasteiger partial charge in [0.25, 0.3) is 0 Å². The number of nitrogens with zero attached hydrogens (tertiary/aromatic N) is 2. The summed E-state index contributed by atoms with van der Waals surface area (Å²) in [6, 6.07) is 6.00. The second-order valence-electron chi connectivity index (χ2n) is 7.30. The monoisotopic (exact) mass is 333 g/mol. The van der Waals surface area contributed by atoms with Crippen molar-refractivity contribution in [2.75, 3.05) is 13.1 Å². The molecule has 1 saturated heterocycles. The third-order valence-electron chi connectivity index (χ3n) is 4.25. The van der Waals surface area contributed by atoms with E-state index in [-0.39, 0.29) is 11.9 Å². The number of ether oxygens (including phenoxy) is 1. The smallest absolute Gasteiger partial charge is 0.410 e. The van der Waals surface area contributed by atoms with E-state index in [1.807, 2.05) is 39.8 Å². The summed E-state index contributed by atoms with van der Waals surface area (Å²) in [7, 11) is 0. The molecule has 0 spiro atoms. The van der Waals surface area contributed by atoms with Crippen molar-refractivity contribution in [2.24, 2.45) is 10.9 Å². The number of benzene rings is 1. The number of carbonyl (C=O) groups excluding carboxylic acids is 1. The molecule has 1 heterocycles. The topological polar surface area (TPSA) is 88.2 Å². The SMILES string of the molecule is Cc1cc(C2CCN(C(=O)OC(C)(C)C)CC2)ccc1/C(N)=N\O. The molecule has 132 valence electrons. The Labute approximate surface area is 143 Å². The maximum absolute atomic E-state index is 12.1. The molecule has 0 aliphatic carbocycles. The van der Waals surface area contributed by atoms with Crippen LogP contribution >= 0.6 is 0 Å². The number of aryl methyl sites for hydroxylation is 1. The zero-order valence-electron chi connectivity index (χ0n) is 14.9. The van der Waals surface area contributed by atoms with Crippen LogP contribution in [0.3, 0.4) is 0 Å². The minimum atomic E-state index is -0.463. The van der Waals surface area contributed by atoms with Crippen LogP contribution < -0.4 is 5.73 Å². The molecular formula is C18H27N3O3. The summed E-state index contributed by atoms with van der Waals surface area (Å²) in [5, 5.41) is 11.9. The van der Waals surface area contributed by atoms with Crippen LogP contribution in [-0.4, -0.2) is 40.7 Å². The molecule has 1 amide bonds. The van der Waals surface area contributed by atoms with Crippen LogP contribution in [0.5, 0.6) is 0 Å². The Morgan fingerprint density at radius 2 is 1.96 bits per heavy atom. The van der Waals surface area contributed by atoms with Crippen molar-refractivity contribution in [2.45, 2.75) is 52.1 Å². The molecule has 6 heteroatoms. The van der Waals surface area contributed by atoms with Crippen LogP contribution in [-0.2, 0) is 4.74 Å². The molecule has 1 fully saturated rings. The first-order valence-electron chi connectivity index (χ1n) is 8.27. The van der Waals surface area contributed by atoms with Gasteiger partial charge in [0.1, 0.15) is 5.60 Å². The number of amidine groups is 1. The van der Waals surface area contributed by atoms with E-state index in [0.717, 1.165) is 24.0 Å². The molecule has 2 rings (SSSR count). The first-order valence-corrected chi connectivity index (χ1v) is 8.27. The molecule has 1 aliphatic heterocycles. The Morgan fingerprint density at radius 1 is 1.33 bits per heavy atom. The number of carbonyl (C=O) groups is 1. The van der Waals surface area contributed by atoms with E-state index in [9.17, 15) is 4.79 Å². The highest BCUT2D eigenvalue weighted by molar-refractivity contribution is 5.98. The molecule has 1 aliphatic rings. The molecule has 6 nitrogen and oxygen atoms in total. The Kier molecular flexibility index (Phi) is 5.36. The summed E-state index contributed by atoms with van der Waals surface area (Å²) in [6.07, 6.45) is 1.57. The number of oxime groups is 1. The highest BCUT2D eigenvalue weighted by atomic mass is 16.6. The van der Waals surface area contributed by atoms with Crippen LogP contribution in [0.15, 0.2) is 23.4 Å². The van der Waals surface area contributed by atoms with Gasteiger partial charge >= 0.3 is 6.09 Å². The molecular weight excluding hydrogens is 306 g/mol. The lowest BCUT2D eigenvalue weighted by Crippen LogP contribution is -2.41. The summed E-state index contributed by atoms with van der Waals surface area (Å²) in [5.74, 6) is 0.530. The van der Waals surface area contributed by atoms with E-state index in [1.54, 1.807) is 4.90 Å². The number of hydrogen-bond acceptors (Lipinski definition) is 4. The fraction of sp³-hybridized carbons (Fsp3) is 0.556. The van der Waals surface area contributed by atoms with Crippen LogP contribution in [0.4, 0.5) is 4.79 Å². The Hall–Kier alpha value is -2.24. The second-order valence-corrected chi connectivity index (χ2v) is 7.30. The highest BCUT2D eigenvalue weighted by Crippen LogP contribution is 2.30. The van der Waals surface area contributed by atoms with Crippen molar-refractivity contribution >= 4 is 11.9 Å². The van der Waals surface area contributed by atoms with Gasteiger partial charge < -0.3 is 20.6 Å². The molecule has 0 saturated carbocycles. The minimum absolute atomic E-state index is 0.124. The van der Waals surface area contributed by atoms with Crippen LogP contribution in [0.2, 0.25) is 0 Å². The highest BCUT2D eigenvalue weighted by Gasteiger charge is 2.27. The molecule has 1 aromatic rings. The lowest BCUT2D eigenvalue weighted by atomic mass is 9.88. The summed E-state index contributed by atoms with van der Waals surface area (Å²) >= 11 is 0. The quantitative estimate of drug-likeness (QED) is 0.376. The first-order chi connectivity index (χ1) is 11.2. The van der Waals surface area contributed by atoms with E-state index in [4.69, 9.17) is 15.7 Å². The van der Waals surface area contributed by atoms with E-state index in [1.165, 1.54) is 5.56 Å². The average molecular weight is 333 g/mol. The molecule has 3 N–H and O–H groups in total. The molecule has 1 aromatic carbocycles. The van der Waals surface area contributed by atoms with Crippen LogP contribution in [0.25, 0.3) is 0 Å². The number of likely N-dealkylation sites (tertiary alicyclic amines) is 1. The molecule has 0 radical (unpaired) electrons. The zero-order chi connectivity index (χ0) is 17.9. The van der Waals surface area contributed by atoms with E-state index < -0.39 is 5.60 Å². The number of piperidine rings is 1. The van der Waals surface area contributed by atoms with Gasteiger partial charge in [0.2, 0.25) is 0 Å². The lowest BCUT2D eigenvalue weighted by molar-refractivity contribution is 0.0205. The maximum atomic E-state index is 12.1. The minimum Gasteiger partial charge on any atom is -0.444 e. The first kappa shape index (κ1) is 18.1. The number of hydrogen-bond donors (Lipinski definition) is 2. The molecule has 0 bridgehead atoms.